The van der Waals surface area contributed by atoms with Crippen LogP contribution >= 0.6 is 11.8 Å². The summed E-state index contributed by atoms with van der Waals surface area (Å²) in [4.78, 5) is 14.3. The molecule has 0 aromatic heterocycles. The van der Waals surface area contributed by atoms with Crippen LogP contribution in [-0.2, 0) is 0 Å². The van der Waals surface area contributed by atoms with Crippen LogP contribution in [0.15, 0.2) is 87.7 Å². The van der Waals surface area contributed by atoms with E-state index >= 15 is 0 Å². The molecule has 0 spiro atoms. The minimum absolute atomic E-state index is 0.0447. The van der Waals surface area contributed by atoms with Gasteiger partial charge in [-0.2, -0.15) is 5.10 Å². The highest BCUT2D eigenvalue weighted by molar-refractivity contribution is 7.99. The van der Waals surface area contributed by atoms with E-state index in [1.54, 1.807) is 30.1 Å². The Bertz CT molecular complexity index is 920. The van der Waals surface area contributed by atoms with Crippen molar-refractivity contribution in [2.45, 2.75) is 16.7 Å². The molecule has 0 atom stereocenters. The Balaban J connectivity index is 1.57. The lowest BCUT2D eigenvalue weighted by Gasteiger charge is -2.03. The summed E-state index contributed by atoms with van der Waals surface area (Å²) in [5.74, 6) is -0.327. The summed E-state index contributed by atoms with van der Waals surface area (Å²) in [5.41, 5.74) is 4.93. The zero-order chi connectivity index (χ0) is 18.4. The van der Waals surface area contributed by atoms with Gasteiger partial charge in [-0.3, -0.25) is 4.79 Å². The van der Waals surface area contributed by atoms with E-state index in [1.807, 2.05) is 24.3 Å². The summed E-state index contributed by atoms with van der Waals surface area (Å²) in [6.45, 7) is 2.07. The molecule has 0 unspecified atom stereocenters. The van der Waals surface area contributed by atoms with Crippen molar-refractivity contribution in [3.8, 4) is 5.75 Å². The van der Waals surface area contributed by atoms with Crippen LogP contribution in [0.4, 0.5) is 0 Å². The van der Waals surface area contributed by atoms with Gasteiger partial charge in [0.1, 0.15) is 5.75 Å². The average molecular weight is 362 g/mol. The van der Waals surface area contributed by atoms with Crippen molar-refractivity contribution in [1.82, 2.24) is 5.43 Å². The number of hydrogen-bond donors (Lipinski definition) is 2. The van der Waals surface area contributed by atoms with Crippen molar-refractivity contribution in [3.05, 3.63) is 89.5 Å². The molecule has 0 saturated heterocycles. The van der Waals surface area contributed by atoms with E-state index in [9.17, 15) is 9.90 Å². The number of aryl methyl sites for hydroxylation is 1. The number of aromatic hydroxyl groups is 1. The van der Waals surface area contributed by atoms with Gasteiger partial charge >= 0.3 is 0 Å². The average Bonchev–Trinajstić information content (AvgIpc) is 2.65. The standard InChI is InChI=1S/C21H18N2O2S/c1-15-5-9-19(10-6-15)26-20-11-7-16(8-12-20)14-22-23-21(25)17-3-2-4-18(24)13-17/h2-14,24H,1H3,(H,23,25)/b22-14+. The van der Waals surface area contributed by atoms with Crippen LogP contribution in [0, 0.1) is 6.92 Å². The summed E-state index contributed by atoms with van der Waals surface area (Å²) in [5, 5.41) is 13.3. The molecule has 0 fully saturated rings. The number of phenolic OH excluding ortho intramolecular Hbond substituents is 1. The van der Waals surface area contributed by atoms with E-state index < -0.39 is 0 Å². The third-order valence-corrected chi connectivity index (χ3v) is 4.64. The van der Waals surface area contributed by atoms with Crippen molar-refractivity contribution in [2.75, 3.05) is 0 Å². The van der Waals surface area contributed by atoms with Gasteiger partial charge in [-0.05, 0) is 55.0 Å². The van der Waals surface area contributed by atoms with Gasteiger partial charge in [0, 0.05) is 15.4 Å². The molecular formula is C21H18N2O2S. The smallest absolute Gasteiger partial charge is 0.271 e. The molecule has 0 aliphatic heterocycles. The zero-order valence-corrected chi connectivity index (χ0v) is 15.0. The normalized spacial score (nSPS) is 10.8. The molecule has 3 rings (SSSR count). The number of amides is 1. The molecule has 5 heteroatoms. The Labute approximate surface area is 156 Å². The first-order chi connectivity index (χ1) is 12.6. The van der Waals surface area contributed by atoms with Gasteiger partial charge in [0.2, 0.25) is 0 Å². The number of carbonyl (C=O) groups is 1. The third kappa shape index (κ3) is 4.97. The Morgan fingerprint density at radius 3 is 2.31 bits per heavy atom. The number of benzene rings is 3. The van der Waals surface area contributed by atoms with E-state index in [4.69, 9.17) is 0 Å². The molecule has 130 valence electrons. The summed E-state index contributed by atoms with van der Waals surface area (Å²) in [7, 11) is 0. The molecule has 0 radical (unpaired) electrons. The maximum atomic E-state index is 11.9. The Morgan fingerprint density at radius 1 is 1.00 bits per heavy atom. The van der Waals surface area contributed by atoms with Crippen LogP contribution in [0.1, 0.15) is 21.5 Å². The molecule has 0 saturated carbocycles. The minimum Gasteiger partial charge on any atom is -0.508 e. The number of nitrogens with one attached hydrogen (secondary N) is 1. The molecule has 0 heterocycles. The summed E-state index contributed by atoms with van der Waals surface area (Å²) in [6.07, 6.45) is 1.58. The topological polar surface area (TPSA) is 61.7 Å². The lowest BCUT2D eigenvalue weighted by molar-refractivity contribution is 0.0954. The van der Waals surface area contributed by atoms with Crippen LogP contribution in [-0.4, -0.2) is 17.2 Å². The fourth-order valence-corrected chi connectivity index (χ4v) is 3.06. The van der Waals surface area contributed by atoms with Gasteiger partial charge < -0.3 is 5.11 Å². The second kappa shape index (κ2) is 8.36. The Hall–Kier alpha value is -3.05. The minimum atomic E-state index is -0.372. The van der Waals surface area contributed by atoms with Crippen molar-refractivity contribution >= 4 is 23.9 Å². The van der Waals surface area contributed by atoms with Crippen LogP contribution in [0.5, 0.6) is 5.75 Å². The van der Waals surface area contributed by atoms with Gasteiger partial charge in [0.15, 0.2) is 0 Å². The third-order valence-electron chi connectivity index (χ3n) is 3.62. The van der Waals surface area contributed by atoms with Gasteiger partial charge in [-0.25, -0.2) is 5.43 Å². The lowest BCUT2D eigenvalue weighted by Crippen LogP contribution is -2.17. The number of rotatable bonds is 5. The zero-order valence-electron chi connectivity index (χ0n) is 14.2. The van der Waals surface area contributed by atoms with E-state index in [2.05, 4.69) is 41.7 Å². The fourth-order valence-electron chi connectivity index (χ4n) is 2.24. The molecular weight excluding hydrogens is 344 g/mol. The number of phenols is 1. The van der Waals surface area contributed by atoms with Crippen molar-refractivity contribution in [2.24, 2.45) is 5.10 Å². The first-order valence-corrected chi connectivity index (χ1v) is 8.89. The fraction of sp³-hybridized carbons (Fsp3) is 0.0476. The highest BCUT2D eigenvalue weighted by Gasteiger charge is 2.04. The molecule has 0 aliphatic carbocycles. The second-order valence-electron chi connectivity index (χ2n) is 5.73. The van der Waals surface area contributed by atoms with Crippen LogP contribution in [0.25, 0.3) is 0 Å². The van der Waals surface area contributed by atoms with Crippen LogP contribution < -0.4 is 5.43 Å². The highest BCUT2D eigenvalue weighted by Crippen LogP contribution is 2.27. The molecule has 1 amide bonds. The summed E-state index contributed by atoms with van der Waals surface area (Å²) in [6, 6.07) is 22.4. The van der Waals surface area contributed by atoms with Crippen LogP contribution in [0.3, 0.4) is 0 Å². The first kappa shape index (κ1) is 17.8. The first-order valence-electron chi connectivity index (χ1n) is 8.07. The highest BCUT2D eigenvalue weighted by atomic mass is 32.2. The summed E-state index contributed by atoms with van der Waals surface area (Å²) >= 11 is 1.69. The number of hydrazone groups is 1. The predicted octanol–water partition coefficient (Wildman–Crippen LogP) is 4.62. The SMILES string of the molecule is Cc1ccc(Sc2ccc(/C=N/NC(=O)c3cccc(O)c3)cc2)cc1. The number of carbonyl (C=O) groups excluding carboxylic acids is 1. The summed E-state index contributed by atoms with van der Waals surface area (Å²) < 4.78 is 0. The largest absolute Gasteiger partial charge is 0.508 e. The van der Waals surface area contributed by atoms with Crippen LogP contribution in [0.2, 0.25) is 0 Å². The predicted molar refractivity (Wildman–Crippen MR) is 105 cm³/mol. The molecule has 2 N–H and O–H groups in total. The lowest BCUT2D eigenvalue weighted by atomic mass is 10.2. The van der Waals surface area contributed by atoms with Crippen molar-refractivity contribution < 1.29 is 9.90 Å². The molecule has 0 bridgehead atoms. The number of nitrogens with zero attached hydrogens (tertiary/aromatic N) is 1. The van der Waals surface area contributed by atoms with Gasteiger partial charge in [-0.15, -0.1) is 0 Å². The molecule has 26 heavy (non-hydrogen) atoms. The quantitative estimate of drug-likeness (QED) is 0.514. The maximum Gasteiger partial charge on any atom is 0.271 e. The molecule has 3 aromatic rings. The van der Waals surface area contributed by atoms with Gasteiger partial charge in [0.25, 0.3) is 5.91 Å². The van der Waals surface area contributed by atoms with Gasteiger partial charge in [0.05, 0.1) is 6.21 Å². The monoisotopic (exact) mass is 362 g/mol. The van der Waals surface area contributed by atoms with E-state index in [0.717, 1.165) is 10.5 Å². The Kier molecular flexibility index (Phi) is 5.71. The second-order valence-corrected chi connectivity index (χ2v) is 6.88. The maximum absolute atomic E-state index is 11.9. The van der Waals surface area contributed by atoms with Crippen molar-refractivity contribution in [1.29, 1.82) is 0 Å². The number of hydrogen-bond acceptors (Lipinski definition) is 4. The Morgan fingerprint density at radius 2 is 1.65 bits per heavy atom. The molecule has 4 nitrogen and oxygen atoms in total. The molecule has 3 aromatic carbocycles. The van der Waals surface area contributed by atoms with Crippen molar-refractivity contribution in [3.63, 3.8) is 0 Å². The van der Waals surface area contributed by atoms with E-state index in [-0.39, 0.29) is 11.7 Å². The molecule has 0 aliphatic rings. The van der Waals surface area contributed by atoms with Gasteiger partial charge in [-0.1, -0.05) is 47.7 Å². The van der Waals surface area contributed by atoms with E-state index in [1.165, 1.54) is 22.6 Å². The van der Waals surface area contributed by atoms with E-state index in [0.29, 0.717) is 5.56 Å².